The number of hydrogen-bond donors (Lipinski definition) is 2. The van der Waals surface area contributed by atoms with Gasteiger partial charge in [0.25, 0.3) is 5.91 Å². The average Bonchev–Trinajstić information content (AvgIpc) is 3.20. The van der Waals surface area contributed by atoms with Crippen LogP contribution >= 0.6 is 0 Å². The zero-order valence-corrected chi connectivity index (χ0v) is 12.0. The van der Waals surface area contributed by atoms with Crippen LogP contribution < -0.4 is 5.32 Å². The summed E-state index contributed by atoms with van der Waals surface area (Å²) in [5.74, 6) is 2.46. The van der Waals surface area contributed by atoms with E-state index >= 15 is 0 Å². The molecule has 1 aromatic heterocycles. The number of benzene rings is 1. The summed E-state index contributed by atoms with van der Waals surface area (Å²) in [6, 6.07) is 5.44. The minimum Gasteiger partial charge on any atom is -0.352 e. The van der Waals surface area contributed by atoms with Gasteiger partial charge in [-0.15, -0.1) is 0 Å². The number of rotatable bonds is 3. The molecule has 1 amide bonds. The van der Waals surface area contributed by atoms with E-state index in [1.54, 1.807) is 6.07 Å². The van der Waals surface area contributed by atoms with Crippen molar-refractivity contribution in [2.24, 2.45) is 17.8 Å². The first-order chi connectivity index (χ1) is 10.3. The number of nitrogens with zero attached hydrogens (tertiary/aromatic N) is 2. The van der Waals surface area contributed by atoms with E-state index in [1.165, 1.54) is 32.1 Å². The van der Waals surface area contributed by atoms with Gasteiger partial charge in [-0.25, -0.2) is 0 Å². The summed E-state index contributed by atoms with van der Waals surface area (Å²) >= 11 is 0. The van der Waals surface area contributed by atoms with E-state index in [4.69, 9.17) is 0 Å². The second-order valence-corrected chi connectivity index (χ2v) is 6.43. The molecule has 2 aromatic rings. The monoisotopic (exact) mass is 284 g/mol. The Hall–Kier alpha value is -1.91. The van der Waals surface area contributed by atoms with E-state index in [0.29, 0.717) is 11.5 Å². The van der Waals surface area contributed by atoms with E-state index in [0.717, 1.165) is 29.4 Å². The van der Waals surface area contributed by atoms with Gasteiger partial charge in [0.2, 0.25) is 0 Å². The van der Waals surface area contributed by atoms with Crippen molar-refractivity contribution in [1.29, 1.82) is 0 Å². The van der Waals surface area contributed by atoms with Gasteiger partial charge in [0.05, 0.1) is 0 Å². The summed E-state index contributed by atoms with van der Waals surface area (Å²) in [4.78, 5) is 12.3. The molecular weight excluding hydrogens is 264 g/mol. The summed E-state index contributed by atoms with van der Waals surface area (Å²) < 4.78 is 0. The molecule has 3 atom stereocenters. The van der Waals surface area contributed by atoms with Crippen molar-refractivity contribution in [2.45, 2.75) is 32.1 Å². The second-order valence-electron chi connectivity index (χ2n) is 6.43. The smallest absolute Gasteiger partial charge is 0.251 e. The largest absolute Gasteiger partial charge is 0.352 e. The lowest BCUT2D eigenvalue weighted by molar-refractivity contribution is 0.0943. The van der Waals surface area contributed by atoms with Gasteiger partial charge in [0, 0.05) is 12.1 Å². The zero-order valence-electron chi connectivity index (χ0n) is 12.0. The molecule has 1 aromatic carbocycles. The first-order valence-corrected chi connectivity index (χ1v) is 7.90. The highest BCUT2D eigenvalue weighted by atomic mass is 16.1. The lowest BCUT2D eigenvalue weighted by Crippen LogP contribution is -2.31. The zero-order chi connectivity index (χ0) is 14.2. The Morgan fingerprint density at radius 1 is 1.19 bits per heavy atom. The maximum Gasteiger partial charge on any atom is 0.251 e. The van der Waals surface area contributed by atoms with Crippen molar-refractivity contribution < 1.29 is 4.79 Å². The van der Waals surface area contributed by atoms with Crippen LogP contribution in [0.15, 0.2) is 18.2 Å². The Bertz CT molecular complexity index is 665. The second kappa shape index (κ2) is 5.13. The third-order valence-electron chi connectivity index (χ3n) is 5.33. The highest BCUT2D eigenvalue weighted by Crippen LogP contribution is 2.47. The number of fused-ring (bicyclic) bond motifs is 2. The highest BCUT2D eigenvalue weighted by molar-refractivity contribution is 5.97. The molecular formula is C16H20N4O. The molecule has 1 heterocycles. The van der Waals surface area contributed by atoms with Crippen LogP contribution in [-0.4, -0.2) is 27.9 Å². The Morgan fingerprint density at radius 3 is 3.05 bits per heavy atom. The third kappa shape index (κ3) is 2.30. The molecule has 5 nitrogen and oxygen atoms in total. The summed E-state index contributed by atoms with van der Waals surface area (Å²) in [5.41, 5.74) is 2.19. The number of nitrogens with one attached hydrogen (secondary N) is 2. The van der Waals surface area contributed by atoms with Gasteiger partial charge >= 0.3 is 0 Å². The maximum atomic E-state index is 12.3. The first-order valence-electron chi connectivity index (χ1n) is 7.90. The molecule has 21 heavy (non-hydrogen) atoms. The fourth-order valence-corrected chi connectivity index (χ4v) is 4.25. The van der Waals surface area contributed by atoms with Crippen LogP contribution in [0.1, 0.15) is 42.5 Å². The van der Waals surface area contributed by atoms with Crippen LogP contribution in [0.3, 0.4) is 0 Å². The summed E-state index contributed by atoms with van der Waals surface area (Å²) in [5, 5.41) is 13.7. The Morgan fingerprint density at radius 2 is 2.10 bits per heavy atom. The van der Waals surface area contributed by atoms with Crippen molar-refractivity contribution in [3.05, 3.63) is 23.8 Å². The molecule has 0 spiro atoms. The molecule has 2 N–H and O–H groups in total. The van der Waals surface area contributed by atoms with Crippen LogP contribution in [0.2, 0.25) is 0 Å². The van der Waals surface area contributed by atoms with Gasteiger partial charge < -0.3 is 5.32 Å². The SMILES string of the molecule is O=C(NC[C@H]1CC[C@@H]2CCC[C@@H]21)c1ccc2n[nH]nc2c1. The Labute approximate surface area is 123 Å². The van der Waals surface area contributed by atoms with Crippen LogP contribution in [0.25, 0.3) is 11.0 Å². The molecule has 0 unspecified atom stereocenters. The van der Waals surface area contributed by atoms with Gasteiger partial charge in [-0.3, -0.25) is 4.79 Å². The number of H-pyrrole nitrogens is 1. The van der Waals surface area contributed by atoms with E-state index in [1.807, 2.05) is 12.1 Å². The molecule has 2 saturated carbocycles. The topological polar surface area (TPSA) is 70.7 Å². The van der Waals surface area contributed by atoms with E-state index in [2.05, 4.69) is 20.7 Å². The van der Waals surface area contributed by atoms with Gasteiger partial charge in [-0.2, -0.15) is 15.4 Å². The van der Waals surface area contributed by atoms with Crippen LogP contribution in [0.5, 0.6) is 0 Å². The lowest BCUT2D eigenvalue weighted by Gasteiger charge is -2.18. The van der Waals surface area contributed by atoms with Crippen molar-refractivity contribution >= 4 is 16.9 Å². The highest BCUT2D eigenvalue weighted by Gasteiger charge is 2.38. The summed E-state index contributed by atoms with van der Waals surface area (Å²) in [6.45, 7) is 0.816. The van der Waals surface area contributed by atoms with Gasteiger partial charge in [0.15, 0.2) is 0 Å². The third-order valence-corrected chi connectivity index (χ3v) is 5.33. The fourth-order valence-electron chi connectivity index (χ4n) is 4.25. The van der Waals surface area contributed by atoms with Crippen LogP contribution in [0.4, 0.5) is 0 Å². The van der Waals surface area contributed by atoms with Crippen molar-refractivity contribution in [3.8, 4) is 0 Å². The first kappa shape index (κ1) is 12.8. The molecule has 2 aliphatic rings. The lowest BCUT2D eigenvalue weighted by atomic mass is 9.92. The Kier molecular flexibility index (Phi) is 3.13. The quantitative estimate of drug-likeness (QED) is 0.909. The van der Waals surface area contributed by atoms with Crippen molar-refractivity contribution in [1.82, 2.24) is 20.7 Å². The van der Waals surface area contributed by atoms with Gasteiger partial charge in [-0.05, 0) is 55.2 Å². The van der Waals surface area contributed by atoms with E-state index < -0.39 is 0 Å². The number of aromatic amines is 1. The minimum atomic E-state index is 0.00125. The van der Waals surface area contributed by atoms with Gasteiger partial charge in [0.1, 0.15) is 11.0 Å². The van der Waals surface area contributed by atoms with Crippen LogP contribution in [-0.2, 0) is 0 Å². The minimum absolute atomic E-state index is 0.00125. The molecule has 110 valence electrons. The molecule has 4 rings (SSSR count). The molecule has 2 aliphatic carbocycles. The molecule has 0 aliphatic heterocycles. The Balaban J connectivity index is 1.41. The standard InChI is InChI=1S/C16H20N4O/c21-16(11-6-7-14-15(8-11)19-20-18-14)17-9-12-5-4-10-2-1-3-13(10)12/h6-8,10,12-13H,1-5,9H2,(H,17,21)(H,18,19,20)/t10-,12+,13-/m0/s1. The van der Waals surface area contributed by atoms with E-state index in [-0.39, 0.29) is 5.91 Å². The fraction of sp³-hybridized carbons (Fsp3) is 0.562. The predicted molar refractivity (Wildman–Crippen MR) is 79.8 cm³/mol. The average molecular weight is 284 g/mol. The van der Waals surface area contributed by atoms with Crippen molar-refractivity contribution in [3.63, 3.8) is 0 Å². The van der Waals surface area contributed by atoms with Gasteiger partial charge in [-0.1, -0.05) is 12.8 Å². The predicted octanol–water partition coefficient (Wildman–Crippen LogP) is 2.51. The molecule has 0 saturated heterocycles. The number of carbonyl (C=O) groups excluding carboxylic acids is 1. The molecule has 0 bridgehead atoms. The maximum absolute atomic E-state index is 12.3. The molecule has 2 fully saturated rings. The molecule has 0 radical (unpaired) electrons. The van der Waals surface area contributed by atoms with E-state index in [9.17, 15) is 4.79 Å². The number of amides is 1. The summed E-state index contributed by atoms with van der Waals surface area (Å²) in [7, 11) is 0. The van der Waals surface area contributed by atoms with Crippen LogP contribution in [0, 0.1) is 17.8 Å². The normalized spacial score (nSPS) is 27.9. The molecule has 5 heteroatoms. The number of aromatic nitrogens is 3. The summed E-state index contributed by atoms with van der Waals surface area (Å²) in [6.07, 6.45) is 6.77. The number of hydrogen-bond acceptors (Lipinski definition) is 3. The number of carbonyl (C=O) groups is 1. The van der Waals surface area contributed by atoms with Crippen molar-refractivity contribution in [2.75, 3.05) is 6.54 Å².